The van der Waals surface area contributed by atoms with Crippen molar-refractivity contribution < 1.29 is 18.9 Å². The number of fused-ring (bicyclic) bond motifs is 2. The second-order valence-electron chi connectivity index (χ2n) is 15.8. The molecule has 0 saturated carbocycles. The summed E-state index contributed by atoms with van der Waals surface area (Å²) >= 11 is 18.2. The number of amides is 2. The first-order valence-electron chi connectivity index (χ1n) is 19.6. The van der Waals surface area contributed by atoms with E-state index in [4.69, 9.17) is 32.5 Å². The predicted octanol–water partition coefficient (Wildman–Crippen LogP) is 12.1. The Bertz CT molecular complexity index is 2930. The third-order valence-electron chi connectivity index (χ3n) is 10.6. The lowest BCUT2D eigenvalue weighted by Gasteiger charge is -2.32. The molecule has 1 fully saturated rings. The summed E-state index contributed by atoms with van der Waals surface area (Å²) < 4.78 is 16.8. The molecular weight excluding hydrogens is 926 g/mol. The van der Waals surface area contributed by atoms with Crippen LogP contribution in [0.1, 0.15) is 58.2 Å². The number of rotatable bonds is 6. The minimum Gasteiger partial charge on any atom is -0.399 e. The molecular formula is C46H44BBrCl2N6O4S2. The first kappa shape index (κ1) is 45.2. The Morgan fingerprint density at radius 1 is 0.677 bits per heavy atom. The van der Waals surface area contributed by atoms with E-state index in [0.717, 1.165) is 47.1 Å². The highest BCUT2D eigenvalue weighted by Gasteiger charge is 2.52. The molecule has 0 aliphatic carbocycles. The minimum absolute atomic E-state index is 0.149. The van der Waals surface area contributed by atoms with Gasteiger partial charge in [-0.15, -0.1) is 22.7 Å². The maximum atomic E-state index is 12.5. The van der Waals surface area contributed by atoms with Crippen molar-refractivity contribution >= 4 is 119 Å². The summed E-state index contributed by atoms with van der Waals surface area (Å²) in [5.74, 6) is -0.310. The predicted molar refractivity (Wildman–Crippen MR) is 261 cm³/mol. The Hall–Kier alpha value is -4.80. The first-order chi connectivity index (χ1) is 29.4. The molecule has 0 atom stereocenters. The average molecular weight is 971 g/mol. The lowest BCUT2D eigenvalue weighted by molar-refractivity contribution is 0.00578. The van der Waals surface area contributed by atoms with Crippen LogP contribution in [0, 0.1) is 13.8 Å². The number of halogens is 3. The number of carbonyl (C=O) groups excluding carboxylic acids is 2. The summed E-state index contributed by atoms with van der Waals surface area (Å²) in [5, 5.41) is 17.9. The van der Waals surface area contributed by atoms with Crippen LogP contribution in [0.5, 0.6) is 0 Å². The normalized spacial score (nSPS) is 14.0. The van der Waals surface area contributed by atoms with Crippen LogP contribution >= 0.6 is 61.8 Å². The second kappa shape index (κ2) is 18.5. The molecule has 0 unspecified atom stereocenters. The first-order valence-corrected chi connectivity index (χ1v) is 22.8. The van der Waals surface area contributed by atoms with Crippen molar-refractivity contribution in [2.24, 2.45) is 14.1 Å². The van der Waals surface area contributed by atoms with Gasteiger partial charge in [-0.3, -0.25) is 19.0 Å². The molecule has 2 amide bonds. The molecule has 9 rings (SSSR count). The number of nitrogens with one attached hydrogen (secondary N) is 2. The number of para-hydroxylation sites is 2. The highest BCUT2D eigenvalue weighted by atomic mass is 79.9. The Morgan fingerprint density at radius 3 is 1.68 bits per heavy atom. The largest absolute Gasteiger partial charge is 0.495 e. The van der Waals surface area contributed by atoms with E-state index in [1.54, 1.807) is 30.3 Å². The van der Waals surface area contributed by atoms with Crippen LogP contribution in [0.2, 0.25) is 10.0 Å². The highest BCUT2D eigenvalue weighted by molar-refractivity contribution is 9.11. The number of anilines is 2. The molecule has 16 heteroatoms. The molecule has 2 N–H and O–H groups in total. The van der Waals surface area contributed by atoms with E-state index in [1.165, 1.54) is 28.2 Å². The van der Waals surface area contributed by atoms with Gasteiger partial charge in [0.1, 0.15) is 0 Å². The van der Waals surface area contributed by atoms with Gasteiger partial charge >= 0.3 is 7.12 Å². The number of aryl methyl sites for hydroxylation is 4. The minimum atomic E-state index is -0.327. The van der Waals surface area contributed by atoms with Crippen molar-refractivity contribution in [2.45, 2.75) is 52.7 Å². The van der Waals surface area contributed by atoms with Gasteiger partial charge < -0.3 is 19.9 Å². The summed E-state index contributed by atoms with van der Waals surface area (Å²) in [5.41, 5.74) is 7.01. The smallest absolute Gasteiger partial charge is 0.399 e. The molecule has 5 heterocycles. The van der Waals surface area contributed by atoms with E-state index in [2.05, 4.69) is 103 Å². The van der Waals surface area contributed by atoms with Crippen LogP contribution < -0.4 is 16.1 Å². The molecule has 10 nitrogen and oxygen atoms in total. The molecule has 318 valence electrons. The summed E-state index contributed by atoms with van der Waals surface area (Å²) in [7, 11) is 3.52. The molecule has 1 saturated heterocycles. The lowest BCUT2D eigenvalue weighted by Crippen LogP contribution is -2.41. The van der Waals surface area contributed by atoms with Gasteiger partial charge in [0, 0.05) is 42.1 Å². The number of carbonyl (C=O) groups is 2. The summed E-state index contributed by atoms with van der Waals surface area (Å²) in [6.45, 7) is 12.4. The van der Waals surface area contributed by atoms with Crippen molar-refractivity contribution in [3.05, 3.63) is 144 Å². The average Bonchev–Trinajstić information content (AvgIpc) is 4.04. The van der Waals surface area contributed by atoms with Crippen LogP contribution in [0.3, 0.4) is 0 Å². The molecule has 0 radical (unpaired) electrons. The van der Waals surface area contributed by atoms with E-state index >= 15 is 0 Å². The van der Waals surface area contributed by atoms with E-state index in [1.807, 2.05) is 78.3 Å². The number of hydrogen-bond acceptors (Lipinski definition) is 8. The van der Waals surface area contributed by atoms with Gasteiger partial charge in [0.25, 0.3) is 11.8 Å². The molecule has 4 aromatic carbocycles. The number of benzene rings is 4. The van der Waals surface area contributed by atoms with Gasteiger partial charge in [0.15, 0.2) is 0 Å². The highest BCUT2D eigenvalue weighted by Crippen LogP contribution is 2.37. The molecule has 1 aliphatic rings. The van der Waals surface area contributed by atoms with E-state index < -0.39 is 0 Å². The zero-order valence-corrected chi connectivity index (χ0v) is 40.1. The number of nitrogens with zero attached hydrogens (tertiary/aromatic N) is 4. The summed E-state index contributed by atoms with van der Waals surface area (Å²) in [4.78, 5) is 26.7. The molecule has 1 aliphatic heterocycles. The molecule has 0 bridgehead atoms. The van der Waals surface area contributed by atoms with Crippen molar-refractivity contribution in [1.82, 2.24) is 19.6 Å². The van der Waals surface area contributed by atoms with E-state index in [9.17, 15) is 9.59 Å². The van der Waals surface area contributed by atoms with Gasteiger partial charge in [0.2, 0.25) is 0 Å². The molecule has 8 aromatic rings. The maximum absolute atomic E-state index is 12.5. The topological polar surface area (TPSA) is 112 Å². The molecule has 62 heavy (non-hydrogen) atoms. The molecule has 0 spiro atoms. The molecule has 4 aromatic heterocycles. The zero-order chi connectivity index (χ0) is 44.5. The zero-order valence-electron chi connectivity index (χ0n) is 35.3. The van der Waals surface area contributed by atoms with Crippen LogP contribution in [0.25, 0.3) is 32.2 Å². The van der Waals surface area contributed by atoms with E-state index in [-0.39, 0.29) is 30.1 Å². The second-order valence-corrected chi connectivity index (χ2v) is 20.2. The quantitative estimate of drug-likeness (QED) is 0.161. The Balaban J connectivity index is 0.000000144. The van der Waals surface area contributed by atoms with Crippen molar-refractivity contribution in [3.8, 4) is 10.4 Å². The number of aromatic nitrogens is 4. The van der Waals surface area contributed by atoms with Gasteiger partial charge in [-0.1, -0.05) is 53.0 Å². The van der Waals surface area contributed by atoms with Crippen molar-refractivity contribution in [3.63, 3.8) is 0 Å². The lowest BCUT2D eigenvalue weighted by atomic mass is 9.76. The van der Waals surface area contributed by atoms with Crippen LogP contribution in [-0.2, 0) is 23.4 Å². The maximum Gasteiger partial charge on any atom is 0.495 e. The summed E-state index contributed by atoms with van der Waals surface area (Å²) in [6.07, 6.45) is 4.03. The summed E-state index contributed by atoms with van der Waals surface area (Å²) in [6, 6.07) is 30.2. The van der Waals surface area contributed by atoms with Gasteiger partial charge in [-0.25, -0.2) is 0 Å². The fourth-order valence-electron chi connectivity index (χ4n) is 6.66. The van der Waals surface area contributed by atoms with E-state index in [0.29, 0.717) is 31.2 Å². The Kier molecular flexibility index (Phi) is 13.5. The third kappa shape index (κ3) is 10.2. The Morgan fingerprint density at radius 2 is 1.16 bits per heavy atom. The van der Waals surface area contributed by atoms with Crippen molar-refractivity contribution in [1.29, 1.82) is 0 Å². The monoisotopic (exact) mass is 968 g/mol. The number of thiophene rings is 2. The van der Waals surface area contributed by atoms with Crippen LogP contribution in [0.4, 0.5) is 11.4 Å². The van der Waals surface area contributed by atoms with Gasteiger partial charge in [-0.05, 0) is 147 Å². The fourth-order valence-corrected chi connectivity index (χ4v) is 9.29. The van der Waals surface area contributed by atoms with Crippen LogP contribution in [0.15, 0.2) is 113 Å². The van der Waals surface area contributed by atoms with Gasteiger partial charge in [0.05, 0.1) is 57.2 Å². The van der Waals surface area contributed by atoms with Gasteiger partial charge in [-0.2, -0.15) is 10.2 Å². The van der Waals surface area contributed by atoms with Crippen LogP contribution in [-0.4, -0.2) is 49.7 Å². The third-order valence-corrected chi connectivity index (χ3v) is 14.0. The Labute approximate surface area is 387 Å². The standard InChI is InChI=1S/C20H16ClN3OS.C15H21BN2O2.C11H7BrClNOS/c1-12-9-13-11-24(2)23-17(13)10-14(12)18-7-8-19(26-18)20(25)22-16-6-4-3-5-15(16)21;1-10-7-11-9-18(6)17-13(11)8-12(10)16-19-14(2,3)15(4,5)20-16;12-10-6-5-9(16-10)11(15)14-8-4-2-1-3-7(8)13/h3-11H,1-2H3,(H,22,25);7-9H,1-6H3;1-6H,(H,14,15). The SMILES string of the molecule is Cc1cc2cn(C)nc2cc1-c1ccc(C(=O)Nc2ccccc2Cl)s1.Cc1cc2cn(C)nc2cc1B1OC(C)(C)C(C)(C)O1.O=C(Nc1ccccc1Cl)c1ccc(Br)s1. The fraction of sp³-hybridized carbons (Fsp3) is 0.217. The van der Waals surface area contributed by atoms with Crippen molar-refractivity contribution in [2.75, 3.05) is 10.6 Å². The number of hydrogen-bond donors (Lipinski definition) is 2.